The largest absolute Gasteiger partial charge is 0.366 e. The van der Waals surface area contributed by atoms with E-state index in [-0.39, 0.29) is 18.4 Å². The van der Waals surface area contributed by atoms with Crippen LogP contribution in [-0.2, 0) is 16.1 Å². The molecule has 2 amide bonds. The third-order valence-electron chi connectivity index (χ3n) is 5.71. The number of carbonyl (C=O) groups excluding carboxylic acids is 2. The molecule has 0 bridgehead atoms. The van der Waals surface area contributed by atoms with Crippen molar-refractivity contribution in [3.05, 3.63) is 75.9 Å². The van der Waals surface area contributed by atoms with Gasteiger partial charge in [-0.15, -0.1) is 0 Å². The molecular formula is C24H25ClN2O2. The first-order valence-corrected chi connectivity index (χ1v) is 10.5. The van der Waals surface area contributed by atoms with E-state index in [0.717, 1.165) is 42.6 Å². The number of carbonyl (C=O) groups is 2. The maximum absolute atomic E-state index is 13.4. The zero-order valence-corrected chi connectivity index (χ0v) is 17.6. The molecule has 0 aromatic heterocycles. The number of amides is 2. The smallest absolute Gasteiger partial charge is 0.278 e. The predicted octanol–water partition coefficient (Wildman–Crippen LogP) is 4.66. The molecule has 1 saturated heterocycles. The fourth-order valence-corrected chi connectivity index (χ4v) is 4.27. The highest BCUT2D eigenvalue weighted by Crippen LogP contribution is 2.35. The van der Waals surface area contributed by atoms with Gasteiger partial charge in [0.1, 0.15) is 5.70 Å². The normalized spacial score (nSPS) is 20.0. The van der Waals surface area contributed by atoms with Crippen LogP contribution in [0.15, 0.2) is 54.2 Å². The molecule has 0 spiro atoms. The molecule has 0 radical (unpaired) electrons. The number of benzene rings is 2. The molecule has 4 rings (SSSR count). The summed E-state index contributed by atoms with van der Waals surface area (Å²) in [5.41, 5.74) is 3.87. The van der Waals surface area contributed by atoms with Gasteiger partial charge in [0.2, 0.25) is 0 Å². The second kappa shape index (κ2) is 8.03. The van der Waals surface area contributed by atoms with Crippen LogP contribution in [0.1, 0.15) is 36.5 Å². The van der Waals surface area contributed by atoms with Crippen molar-refractivity contribution in [3.8, 4) is 0 Å². The summed E-state index contributed by atoms with van der Waals surface area (Å²) in [6, 6.07) is 15.1. The van der Waals surface area contributed by atoms with Gasteiger partial charge in [0.25, 0.3) is 11.8 Å². The fraction of sp³-hybridized carbons (Fsp3) is 0.333. The number of hydrogen-bond donors (Lipinski definition) is 0. The molecule has 150 valence electrons. The minimum atomic E-state index is -0.230. The number of aryl methyl sites for hydroxylation is 1. The summed E-state index contributed by atoms with van der Waals surface area (Å²) >= 11 is 6.05. The van der Waals surface area contributed by atoms with Gasteiger partial charge >= 0.3 is 0 Å². The van der Waals surface area contributed by atoms with E-state index >= 15 is 0 Å². The monoisotopic (exact) mass is 408 g/mol. The number of nitrogens with zero attached hydrogens (tertiary/aromatic N) is 2. The highest BCUT2D eigenvalue weighted by atomic mass is 35.5. The lowest BCUT2D eigenvalue weighted by Crippen LogP contribution is -2.39. The van der Waals surface area contributed by atoms with Crippen molar-refractivity contribution >= 4 is 29.0 Å². The molecule has 29 heavy (non-hydrogen) atoms. The summed E-state index contributed by atoms with van der Waals surface area (Å²) < 4.78 is 0. The van der Waals surface area contributed by atoms with Crippen LogP contribution in [0.4, 0.5) is 0 Å². The van der Waals surface area contributed by atoms with Crippen molar-refractivity contribution in [3.63, 3.8) is 0 Å². The standard InChI is InChI=1S/C24H25ClN2O2/c1-16-5-7-18(8-6-16)15-27-23(28)21(19-9-11-20(25)12-10-19)22(24(27)29)26-13-3-4-17(2)14-26/h5-12,17H,3-4,13-15H2,1-2H3. The average Bonchev–Trinajstić information content (AvgIpc) is 2.95. The highest BCUT2D eigenvalue weighted by molar-refractivity contribution is 6.35. The number of piperidine rings is 1. The lowest BCUT2D eigenvalue weighted by molar-refractivity contribution is -0.138. The van der Waals surface area contributed by atoms with Crippen LogP contribution in [0.25, 0.3) is 5.57 Å². The first-order valence-electron chi connectivity index (χ1n) is 10.1. The first kappa shape index (κ1) is 19.7. The second-order valence-electron chi connectivity index (χ2n) is 8.11. The molecule has 2 aromatic rings. The number of likely N-dealkylation sites (tertiary alicyclic amines) is 1. The SMILES string of the molecule is Cc1ccc(CN2C(=O)C(c3ccc(Cl)cc3)=C(N3CCCC(C)C3)C2=O)cc1. The summed E-state index contributed by atoms with van der Waals surface area (Å²) in [5.74, 6) is 0.0671. The van der Waals surface area contributed by atoms with Crippen molar-refractivity contribution in [2.75, 3.05) is 13.1 Å². The van der Waals surface area contributed by atoms with Crippen LogP contribution >= 0.6 is 11.6 Å². The van der Waals surface area contributed by atoms with E-state index in [1.54, 1.807) is 12.1 Å². The molecule has 0 saturated carbocycles. The van der Waals surface area contributed by atoms with Gasteiger partial charge < -0.3 is 4.90 Å². The fourth-order valence-electron chi connectivity index (χ4n) is 4.15. The van der Waals surface area contributed by atoms with E-state index < -0.39 is 0 Å². The van der Waals surface area contributed by atoms with Gasteiger partial charge in [0, 0.05) is 18.1 Å². The molecule has 1 atom stereocenters. The maximum Gasteiger partial charge on any atom is 0.278 e. The Morgan fingerprint density at radius 3 is 2.34 bits per heavy atom. The van der Waals surface area contributed by atoms with Crippen LogP contribution in [0.2, 0.25) is 5.02 Å². The topological polar surface area (TPSA) is 40.6 Å². The third kappa shape index (κ3) is 3.95. The van der Waals surface area contributed by atoms with Gasteiger partial charge in [-0.3, -0.25) is 14.5 Å². The number of imide groups is 1. The molecule has 2 heterocycles. The Labute approximate surface area is 176 Å². The molecule has 2 aliphatic rings. The van der Waals surface area contributed by atoms with Gasteiger partial charge in [-0.05, 0) is 48.9 Å². The molecule has 1 fully saturated rings. The third-order valence-corrected chi connectivity index (χ3v) is 5.96. The van der Waals surface area contributed by atoms with E-state index in [1.165, 1.54) is 4.90 Å². The molecule has 2 aliphatic heterocycles. The second-order valence-corrected chi connectivity index (χ2v) is 8.54. The van der Waals surface area contributed by atoms with Crippen LogP contribution < -0.4 is 0 Å². The molecule has 0 N–H and O–H groups in total. The van der Waals surface area contributed by atoms with Gasteiger partial charge in [-0.25, -0.2) is 0 Å². The molecular weight excluding hydrogens is 384 g/mol. The molecule has 2 aromatic carbocycles. The predicted molar refractivity (Wildman–Crippen MR) is 115 cm³/mol. The van der Waals surface area contributed by atoms with Gasteiger partial charge in [0.15, 0.2) is 0 Å². The molecule has 0 aliphatic carbocycles. The minimum absolute atomic E-state index is 0.199. The van der Waals surface area contributed by atoms with Crippen molar-refractivity contribution in [1.29, 1.82) is 0 Å². The van der Waals surface area contributed by atoms with Gasteiger partial charge in [-0.2, -0.15) is 0 Å². The molecule has 4 nitrogen and oxygen atoms in total. The van der Waals surface area contributed by atoms with E-state index in [4.69, 9.17) is 11.6 Å². The van der Waals surface area contributed by atoms with Gasteiger partial charge in [0.05, 0.1) is 12.1 Å². The van der Waals surface area contributed by atoms with Crippen LogP contribution in [0, 0.1) is 12.8 Å². The van der Waals surface area contributed by atoms with E-state index in [9.17, 15) is 9.59 Å². The highest BCUT2D eigenvalue weighted by Gasteiger charge is 2.42. The summed E-state index contributed by atoms with van der Waals surface area (Å²) in [6.07, 6.45) is 2.17. The van der Waals surface area contributed by atoms with E-state index in [0.29, 0.717) is 22.2 Å². The maximum atomic E-state index is 13.4. The lowest BCUT2D eigenvalue weighted by Gasteiger charge is -2.33. The number of halogens is 1. The van der Waals surface area contributed by atoms with Crippen molar-refractivity contribution in [2.24, 2.45) is 5.92 Å². The Morgan fingerprint density at radius 1 is 1.00 bits per heavy atom. The Kier molecular flexibility index (Phi) is 5.46. The minimum Gasteiger partial charge on any atom is -0.366 e. The first-order chi connectivity index (χ1) is 13.9. The van der Waals surface area contributed by atoms with Crippen LogP contribution in [-0.4, -0.2) is 34.7 Å². The van der Waals surface area contributed by atoms with Crippen molar-refractivity contribution < 1.29 is 9.59 Å². The van der Waals surface area contributed by atoms with Crippen LogP contribution in [0.5, 0.6) is 0 Å². The molecule has 5 heteroatoms. The summed E-state index contributed by atoms with van der Waals surface area (Å²) in [5, 5.41) is 0.607. The van der Waals surface area contributed by atoms with Crippen LogP contribution in [0.3, 0.4) is 0 Å². The van der Waals surface area contributed by atoms with E-state index in [1.807, 2.05) is 43.3 Å². The zero-order chi connectivity index (χ0) is 20.5. The Morgan fingerprint density at radius 2 is 1.69 bits per heavy atom. The Hall–Kier alpha value is -2.59. The van der Waals surface area contributed by atoms with Crippen molar-refractivity contribution in [1.82, 2.24) is 9.80 Å². The summed E-state index contributed by atoms with van der Waals surface area (Å²) in [7, 11) is 0. The lowest BCUT2D eigenvalue weighted by atomic mass is 9.98. The van der Waals surface area contributed by atoms with E-state index in [2.05, 4.69) is 11.8 Å². The Bertz CT molecular complexity index is 963. The molecule has 1 unspecified atom stereocenters. The summed E-state index contributed by atoms with van der Waals surface area (Å²) in [6.45, 7) is 6.09. The summed E-state index contributed by atoms with van der Waals surface area (Å²) in [4.78, 5) is 30.3. The van der Waals surface area contributed by atoms with Gasteiger partial charge in [-0.1, -0.05) is 60.5 Å². The quantitative estimate of drug-likeness (QED) is 0.691. The Balaban J connectivity index is 1.72. The van der Waals surface area contributed by atoms with Crippen molar-refractivity contribution in [2.45, 2.75) is 33.2 Å². The number of rotatable bonds is 4. The zero-order valence-electron chi connectivity index (χ0n) is 16.8. The average molecular weight is 409 g/mol. The number of hydrogen-bond acceptors (Lipinski definition) is 3.